The van der Waals surface area contributed by atoms with Gasteiger partial charge in [-0.2, -0.15) is 0 Å². The van der Waals surface area contributed by atoms with Crippen molar-refractivity contribution >= 4 is 17.1 Å². The number of rotatable bonds is 4. The number of imidazole rings is 1. The quantitative estimate of drug-likeness (QED) is 0.804. The lowest BCUT2D eigenvalue weighted by atomic mass is 10.1. The number of pyridine rings is 1. The lowest BCUT2D eigenvalue weighted by Crippen LogP contribution is -2.31. The molecule has 5 nitrogen and oxygen atoms in total. The zero-order valence-corrected chi connectivity index (χ0v) is 12.7. The Bertz CT molecular complexity index is 809. The van der Waals surface area contributed by atoms with Gasteiger partial charge in [0.2, 0.25) is 0 Å². The molecule has 3 aromatic rings. The molecule has 2 heterocycles. The predicted octanol–water partition coefficient (Wildman–Crippen LogP) is 2.95. The molecule has 112 valence electrons. The molecule has 0 spiro atoms. The van der Waals surface area contributed by atoms with E-state index in [1.165, 1.54) is 0 Å². The molecule has 1 aromatic carbocycles. The van der Waals surface area contributed by atoms with E-state index < -0.39 is 0 Å². The highest BCUT2D eigenvalue weighted by atomic mass is 16.1. The standard InChI is InChI=1S/C17H18N4O/c1-3-12(2)20-17(22)13-6-4-7-14(10-13)21-11-19-15-8-5-9-18-16(15)21/h4-12H,3H2,1-2H3,(H,20,22)/t12-/m1/s1. The molecule has 1 N–H and O–H groups in total. The average Bonchev–Trinajstić information content (AvgIpc) is 2.99. The van der Waals surface area contributed by atoms with Gasteiger partial charge >= 0.3 is 0 Å². The van der Waals surface area contributed by atoms with Crippen LogP contribution in [0.3, 0.4) is 0 Å². The van der Waals surface area contributed by atoms with Crippen LogP contribution in [0.5, 0.6) is 0 Å². The van der Waals surface area contributed by atoms with Crippen molar-refractivity contribution in [2.75, 3.05) is 0 Å². The maximum absolute atomic E-state index is 12.2. The van der Waals surface area contributed by atoms with Crippen molar-refractivity contribution < 1.29 is 4.79 Å². The van der Waals surface area contributed by atoms with Crippen molar-refractivity contribution in [3.8, 4) is 5.69 Å². The van der Waals surface area contributed by atoms with E-state index in [9.17, 15) is 4.79 Å². The van der Waals surface area contributed by atoms with Gasteiger partial charge in [0, 0.05) is 23.5 Å². The van der Waals surface area contributed by atoms with Crippen LogP contribution in [0.1, 0.15) is 30.6 Å². The summed E-state index contributed by atoms with van der Waals surface area (Å²) in [6, 6.07) is 11.4. The highest BCUT2D eigenvalue weighted by molar-refractivity contribution is 5.95. The van der Waals surface area contributed by atoms with Crippen LogP contribution in [0, 0.1) is 0 Å². The Balaban J connectivity index is 1.96. The van der Waals surface area contributed by atoms with Crippen molar-refractivity contribution in [2.45, 2.75) is 26.3 Å². The minimum Gasteiger partial charge on any atom is -0.350 e. The molecule has 0 aliphatic rings. The maximum Gasteiger partial charge on any atom is 0.251 e. The summed E-state index contributed by atoms with van der Waals surface area (Å²) in [7, 11) is 0. The molecule has 22 heavy (non-hydrogen) atoms. The monoisotopic (exact) mass is 294 g/mol. The number of carbonyl (C=O) groups is 1. The van der Waals surface area contributed by atoms with Crippen molar-refractivity contribution in [3.05, 3.63) is 54.5 Å². The van der Waals surface area contributed by atoms with Crippen LogP contribution in [0.2, 0.25) is 0 Å². The van der Waals surface area contributed by atoms with E-state index in [2.05, 4.69) is 15.3 Å². The van der Waals surface area contributed by atoms with E-state index in [0.29, 0.717) is 5.56 Å². The van der Waals surface area contributed by atoms with Gasteiger partial charge in [0.25, 0.3) is 5.91 Å². The zero-order valence-electron chi connectivity index (χ0n) is 12.7. The van der Waals surface area contributed by atoms with Gasteiger partial charge in [0.05, 0.1) is 0 Å². The molecule has 0 saturated carbocycles. The Kier molecular flexibility index (Phi) is 3.87. The molecule has 3 rings (SSSR count). The van der Waals surface area contributed by atoms with Gasteiger partial charge in [-0.05, 0) is 43.7 Å². The first-order valence-electron chi connectivity index (χ1n) is 7.38. The second-order valence-corrected chi connectivity index (χ2v) is 5.29. The van der Waals surface area contributed by atoms with Crippen LogP contribution in [0.4, 0.5) is 0 Å². The largest absolute Gasteiger partial charge is 0.350 e. The van der Waals surface area contributed by atoms with Crippen LogP contribution >= 0.6 is 0 Å². The minimum absolute atomic E-state index is 0.0615. The Morgan fingerprint density at radius 1 is 1.27 bits per heavy atom. The Morgan fingerprint density at radius 2 is 2.14 bits per heavy atom. The molecule has 0 saturated heterocycles. The normalized spacial score (nSPS) is 12.3. The number of hydrogen-bond acceptors (Lipinski definition) is 3. The van der Waals surface area contributed by atoms with E-state index in [1.807, 2.05) is 54.8 Å². The van der Waals surface area contributed by atoms with Crippen LogP contribution in [-0.2, 0) is 0 Å². The topological polar surface area (TPSA) is 59.8 Å². The van der Waals surface area contributed by atoms with Crippen molar-refractivity contribution in [2.24, 2.45) is 0 Å². The van der Waals surface area contributed by atoms with Gasteiger partial charge in [-0.3, -0.25) is 9.36 Å². The van der Waals surface area contributed by atoms with E-state index in [-0.39, 0.29) is 11.9 Å². The van der Waals surface area contributed by atoms with Gasteiger partial charge in [0.1, 0.15) is 11.8 Å². The van der Waals surface area contributed by atoms with E-state index in [1.54, 1.807) is 12.5 Å². The SMILES string of the molecule is CC[C@@H](C)NC(=O)c1cccc(-n2cnc3cccnc32)c1. The van der Waals surface area contributed by atoms with Crippen LogP contribution in [-0.4, -0.2) is 26.5 Å². The number of fused-ring (bicyclic) bond motifs is 1. The fraction of sp³-hybridized carbons (Fsp3) is 0.235. The number of aromatic nitrogens is 3. The van der Waals surface area contributed by atoms with Crippen molar-refractivity contribution in [3.63, 3.8) is 0 Å². The Morgan fingerprint density at radius 3 is 2.95 bits per heavy atom. The summed E-state index contributed by atoms with van der Waals surface area (Å²) < 4.78 is 1.88. The van der Waals surface area contributed by atoms with Crippen molar-refractivity contribution in [1.29, 1.82) is 0 Å². The lowest BCUT2D eigenvalue weighted by Gasteiger charge is -2.12. The van der Waals surface area contributed by atoms with Gasteiger partial charge in [-0.1, -0.05) is 13.0 Å². The summed E-state index contributed by atoms with van der Waals surface area (Å²) in [6.07, 6.45) is 4.37. The third-order valence-electron chi connectivity index (χ3n) is 3.68. The third-order valence-corrected chi connectivity index (χ3v) is 3.68. The molecule has 1 atom stereocenters. The van der Waals surface area contributed by atoms with Crippen LogP contribution < -0.4 is 5.32 Å². The first-order valence-corrected chi connectivity index (χ1v) is 7.38. The summed E-state index contributed by atoms with van der Waals surface area (Å²) in [6.45, 7) is 4.04. The first kappa shape index (κ1) is 14.3. The van der Waals surface area contributed by atoms with Gasteiger partial charge in [-0.15, -0.1) is 0 Å². The number of nitrogens with one attached hydrogen (secondary N) is 1. The molecule has 0 radical (unpaired) electrons. The molecule has 2 aromatic heterocycles. The third kappa shape index (κ3) is 2.70. The molecular weight excluding hydrogens is 276 g/mol. The fourth-order valence-electron chi connectivity index (χ4n) is 2.24. The number of amides is 1. The summed E-state index contributed by atoms with van der Waals surface area (Å²) in [5, 5.41) is 2.98. The second-order valence-electron chi connectivity index (χ2n) is 5.29. The van der Waals surface area contributed by atoms with E-state index in [0.717, 1.165) is 23.3 Å². The van der Waals surface area contributed by atoms with Gasteiger partial charge in [0.15, 0.2) is 5.65 Å². The molecule has 0 fully saturated rings. The molecule has 0 bridgehead atoms. The van der Waals surface area contributed by atoms with Crippen molar-refractivity contribution in [1.82, 2.24) is 19.9 Å². The summed E-state index contributed by atoms with van der Waals surface area (Å²) in [5.74, 6) is -0.0615. The molecule has 0 aliphatic heterocycles. The van der Waals surface area contributed by atoms with E-state index in [4.69, 9.17) is 0 Å². The fourth-order valence-corrected chi connectivity index (χ4v) is 2.24. The lowest BCUT2D eigenvalue weighted by molar-refractivity contribution is 0.0939. The highest BCUT2D eigenvalue weighted by Crippen LogP contribution is 2.17. The maximum atomic E-state index is 12.2. The molecular formula is C17H18N4O. The summed E-state index contributed by atoms with van der Waals surface area (Å²) in [5.41, 5.74) is 3.12. The highest BCUT2D eigenvalue weighted by Gasteiger charge is 2.11. The van der Waals surface area contributed by atoms with Crippen LogP contribution in [0.15, 0.2) is 48.9 Å². The molecule has 1 amide bonds. The average molecular weight is 294 g/mol. The number of nitrogens with zero attached hydrogens (tertiary/aromatic N) is 3. The number of benzene rings is 1. The Labute approximate surface area is 129 Å². The summed E-state index contributed by atoms with van der Waals surface area (Å²) in [4.78, 5) is 20.9. The second kappa shape index (κ2) is 5.97. The van der Waals surface area contributed by atoms with E-state index >= 15 is 0 Å². The predicted molar refractivity (Wildman–Crippen MR) is 86.1 cm³/mol. The minimum atomic E-state index is -0.0615. The number of hydrogen-bond donors (Lipinski definition) is 1. The molecule has 0 unspecified atom stereocenters. The first-order chi connectivity index (χ1) is 10.7. The van der Waals surface area contributed by atoms with Gasteiger partial charge < -0.3 is 5.32 Å². The Hall–Kier alpha value is -2.69. The smallest absolute Gasteiger partial charge is 0.251 e. The van der Waals surface area contributed by atoms with Crippen LogP contribution in [0.25, 0.3) is 16.9 Å². The molecule has 0 aliphatic carbocycles. The zero-order chi connectivity index (χ0) is 15.5. The van der Waals surface area contributed by atoms with Gasteiger partial charge in [-0.25, -0.2) is 9.97 Å². The number of carbonyl (C=O) groups excluding carboxylic acids is 1. The molecule has 5 heteroatoms. The summed E-state index contributed by atoms with van der Waals surface area (Å²) >= 11 is 0.